The summed E-state index contributed by atoms with van der Waals surface area (Å²) in [6, 6.07) is 6.41. The van der Waals surface area contributed by atoms with E-state index in [1.54, 1.807) is 11.0 Å². The molecule has 1 aliphatic rings. The van der Waals surface area contributed by atoms with Crippen molar-refractivity contribution in [2.45, 2.75) is 4.90 Å². The molecule has 2 aromatic rings. The Morgan fingerprint density at radius 2 is 1.82 bits per heavy atom. The van der Waals surface area contributed by atoms with E-state index < -0.39 is 37.2 Å². The Hall–Kier alpha value is -3.17. The van der Waals surface area contributed by atoms with Crippen molar-refractivity contribution in [3.8, 4) is 6.07 Å². The fraction of sp³-hybridized carbons (Fsp3) is 0.250. The van der Waals surface area contributed by atoms with E-state index in [2.05, 4.69) is 4.98 Å². The maximum atomic E-state index is 13.9. The first-order chi connectivity index (χ1) is 13.2. The van der Waals surface area contributed by atoms with E-state index in [1.807, 2.05) is 0 Å². The number of halogens is 2. The Kier molecular flexibility index (Phi) is 5.21. The number of nitrogens with zero attached hydrogens (tertiary/aromatic N) is 5. The van der Waals surface area contributed by atoms with Gasteiger partial charge in [0.15, 0.2) is 0 Å². The second kappa shape index (κ2) is 7.45. The number of aromatic nitrogens is 1. The van der Waals surface area contributed by atoms with E-state index in [1.165, 1.54) is 6.07 Å². The molecule has 3 rings (SSSR count). The van der Waals surface area contributed by atoms with Crippen LogP contribution in [-0.2, 0) is 10.0 Å². The summed E-state index contributed by atoms with van der Waals surface area (Å²) in [6.07, 6.45) is 0. The highest BCUT2D eigenvalue weighted by atomic mass is 32.2. The van der Waals surface area contributed by atoms with Gasteiger partial charge in [-0.15, -0.1) is 0 Å². The Balaban J connectivity index is 1.79. The van der Waals surface area contributed by atoms with E-state index in [4.69, 9.17) is 5.26 Å². The maximum Gasteiger partial charge on any atom is 0.305 e. The van der Waals surface area contributed by atoms with Crippen LogP contribution in [0.3, 0.4) is 0 Å². The first kappa shape index (κ1) is 19.6. The highest BCUT2D eigenvalue weighted by Crippen LogP contribution is 2.25. The van der Waals surface area contributed by atoms with Gasteiger partial charge in [0.25, 0.3) is 0 Å². The lowest BCUT2D eigenvalue weighted by molar-refractivity contribution is -0.385. The predicted molar refractivity (Wildman–Crippen MR) is 92.9 cm³/mol. The van der Waals surface area contributed by atoms with Gasteiger partial charge in [-0.3, -0.25) is 10.1 Å². The summed E-state index contributed by atoms with van der Waals surface area (Å²) in [5.74, 6) is -1.62. The molecule has 2 heterocycles. The zero-order valence-electron chi connectivity index (χ0n) is 14.2. The molecule has 9 nitrogen and oxygen atoms in total. The van der Waals surface area contributed by atoms with E-state index in [9.17, 15) is 27.3 Å². The minimum Gasteiger partial charge on any atom is -0.354 e. The van der Waals surface area contributed by atoms with Crippen molar-refractivity contribution in [2.24, 2.45) is 0 Å². The smallest absolute Gasteiger partial charge is 0.305 e. The summed E-state index contributed by atoms with van der Waals surface area (Å²) in [4.78, 5) is 15.0. The first-order valence-electron chi connectivity index (χ1n) is 7.99. The highest BCUT2D eigenvalue weighted by Gasteiger charge is 2.31. The lowest BCUT2D eigenvalue weighted by atomic mass is 10.3. The summed E-state index contributed by atoms with van der Waals surface area (Å²) in [5.41, 5.74) is -0.770. The van der Waals surface area contributed by atoms with Crippen LogP contribution < -0.4 is 4.90 Å². The molecule has 28 heavy (non-hydrogen) atoms. The monoisotopic (exact) mass is 409 g/mol. The zero-order valence-corrected chi connectivity index (χ0v) is 15.1. The second-order valence-corrected chi connectivity index (χ2v) is 7.78. The van der Waals surface area contributed by atoms with Gasteiger partial charge in [-0.1, -0.05) is 0 Å². The topological polar surface area (TPSA) is 120 Å². The predicted octanol–water partition coefficient (Wildman–Crippen LogP) is 1.65. The minimum atomic E-state index is -4.22. The third-order valence-electron chi connectivity index (χ3n) is 4.24. The van der Waals surface area contributed by atoms with E-state index in [0.29, 0.717) is 6.07 Å². The SMILES string of the molecule is N#Cc1nc(N2CCN(S(=O)(=O)c3cc(F)ccc3F)CC2)ccc1[N+](=O)[O-]. The molecule has 12 heteroatoms. The molecule has 1 fully saturated rings. The summed E-state index contributed by atoms with van der Waals surface area (Å²) in [7, 11) is -4.22. The van der Waals surface area contributed by atoms with Crippen molar-refractivity contribution in [3.63, 3.8) is 0 Å². The molecule has 146 valence electrons. The van der Waals surface area contributed by atoms with Crippen molar-refractivity contribution in [1.82, 2.24) is 9.29 Å². The molecule has 0 spiro atoms. The van der Waals surface area contributed by atoms with Crippen LogP contribution >= 0.6 is 0 Å². The molecule has 0 atom stereocenters. The van der Waals surface area contributed by atoms with Crippen molar-refractivity contribution >= 4 is 21.5 Å². The number of piperazine rings is 1. The van der Waals surface area contributed by atoms with Crippen molar-refractivity contribution < 1.29 is 22.1 Å². The summed E-state index contributed by atoms with van der Waals surface area (Å²) < 4.78 is 53.4. The Bertz CT molecular complexity index is 1080. The molecule has 0 amide bonds. The molecule has 0 bridgehead atoms. The van der Waals surface area contributed by atoms with Gasteiger partial charge in [-0.2, -0.15) is 9.57 Å². The first-order valence-corrected chi connectivity index (χ1v) is 9.43. The van der Waals surface area contributed by atoms with Crippen molar-refractivity contribution in [1.29, 1.82) is 5.26 Å². The van der Waals surface area contributed by atoms with Crippen molar-refractivity contribution in [3.05, 3.63) is 57.8 Å². The van der Waals surface area contributed by atoms with Crippen LogP contribution in [0.15, 0.2) is 35.2 Å². The molecule has 1 aromatic heterocycles. The molecule has 0 aliphatic carbocycles. The van der Waals surface area contributed by atoms with Gasteiger partial charge < -0.3 is 4.90 Å². The number of nitro groups is 1. The lowest BCUT2D eigenvalue weighted by Gasteiger charge is -2.34. The Morgan fingerprint density at radius 3 is 2.43 bits per heavy atom. The zero-order chi connectivity index (χ0) is 20.5. The standard InChI is InChI=1S/C16H13F2N5O4S/c17-11-1-2-12(18)15(9-11)28(26,27)22-7-5-21(6-8-22)16-4-3-14(23(24)25)13(10-19)20-16/h1-4,9H,5-8H2. The van der Waals surface area contributed by atoms with Crippen LogP contribution in [0, 0.1) is 33.1 Å². The average molecular weight is 409 g/mol. The number of sulfonamides is 1. The number of nitriles is 1. The van der Waals surface area contributed by atoms with Crippen LogP contribution in [0.4, 0.5) is 20.3 Å². The number of anilines is 1. The third-order valence-corrected chi connectivity index (χ3v) is 6.15. The lowest BCUT2D eigenvalue weighted by Crippen LogP contribution is -2.49. The summed E-state index contributed by atoms with van der Waals surface area (Å²) in [6.45, 7) is 0.259. The fourth-order valence-electron chi connectivity index (χ4n) is 2.82. The molecule has 1 saturated heterocycles. The molecular formula is C16H13F2N5O4S. The van der Waals surface area contributed by atoms with Crippen LogP contribution in [0.25, 0.3) is 0 Å². The number of pyridine rings is 1. The number of rotatable bonds is 4. The largest absolute Gasteiger partial charge is 0.354 e. The Labute approximate surface area is 158 Å². The maximum absolute atomic E-state index is 13.9. The van der Waals surface area contributed by atoms with E-state index in [0.717, 1.165) is 22.5 Å². The van der Waals surface area contributed by atoms with Gasteiger partial charge in [-0.05, 0) is 24.3 Å². The second-order valence-electron chi connectivity index (χ2n) is 5.87. The van der Waals surface area contributed by atoms with Crippen LogP contribution in [0.5, 0.6) is 0 Å². The highest BCUT2D eigenvalue weighted by molar-refractivity contribution is 7.89. The fourth-order valence-corrected chi connectivity index (χ4v) is 4.32. The van der Waals surface area contributed by atoms with Gasteiger partial charge in [0.1, 0.15) is 28.4 Å². The number of hydrogen-bond donors (Lipinski definition) is 0. The van der Waals surface area contributed by atoms with Crippen molar-refractivity contribution in [2.75, 3.05) is 31.1 Å². The quantitative estimate of drug-likeness (QED) is 0.556. The van der Waals surface area contributed by atoms with Gasteiger partial charge >= 0.3 is 5.69 Å². The summed E-state index contributed by atoms with van der Waals surface area (Å²) in [5, 5.41) is 19.9. The molecule has 1 aromatic carbocycles. The molecule has 0 unspecified atom stereocenters. The average Bonchev–Trinajstić information content (AvgIpc) is 2.69. The van der Waals surface area contributed by atoms with Gasteiger partial charge in [0.05, 0.1) is 4.92 Å². The van der Waals surface area contributed by atoms with Gasteiger partial charge in [0.2, 0.25) is 15.7 Å². The molecular weight excluding hydrogens is 396 g/mol. The van der Waals surface area contributed by atoms with Gasteiger partial charge in [0, 0.05) is 32.2 Å². The Morgan fingerprint density at radius 1 is 1.14 bits per heavy atom. The van der Waals surface area contributed by atoms with Crippen LogP contribution in [0.2, 0.25) is 0 Å². The molecule has 0 saturated carbocycles. The molecule has 0 radical (unpaired) electrons. The van der Waals surface area contributed by atoms with E-state index >= 15 is 0 Å². The summed E-state index contributed by atoms with van der Waals surface area (Å²) >= 11 is 0. The molecule has 0 N–H and O–H groups in total. The normalized spacial score (nSPS) is 15.2. The molecule has 1 aliphatic heterocycles. The minimum absolute atomic E-state index is 0.0289. The third kappa shape index (κ3) is 3.62. The van der Waals surface area contributed by atoms with Gasteiger partial charge in [-0.25, -0.2) is 22.2 Å². The number of benzene rings is 1. The van der Waals surface area contributed by atoms with E-state index in [-0.39, 0.29) is 37.7 Å². The van der Waals surface area contributed by atoms with Crippen LogP contribution in [0.1, 0.15) is 5.69 Å². The van der Waals surface area contributed by atoms with Crippen LogP contribution in [-0.4, -0.2) is 48.8 Å². The number of hydrogen-bond acceptors (Lipinski definition) is 7.